The summed E-state index contributed by atoms with van der Waals surface area (Å²) in [6, 6.07) is 7.03. The van der Waals surface area contributed by atoms with Gasteiger partial charge in [0.05, 0.1) is 50.5 Å². The molecule has 4 rings (SSSR count). The number of ether oxygens (including phenoxy) is 3. The van der Waals surface area contributed by atoms with Gasteiger partial charge in [-0.25, -0.2) is 9.79 Å². The molecule has 3 heterocycles. The average molecular weight is 528 g/mol. The molecule has 9 nitrogen and oxygen atoms in total. The lowest BCUT2D eigenvalue weighted by Gasteiger charge is -2.37. The number of aliphatic imine (C=N–C) groups is 1. The minimum absolute atomic E-state index is 0.0690. The molecule has 0 aliphatic carbocycles. The fourth-order valence-corrected chi connectivity index (χ4v) is 5.87. The second kappa shape index (κ2) is 11.9. The molecule has 0 saturated carbocycles. The number of allylic oxidation sites excluding steroid dienone is 1. The van der Waals surface area contributed by atoms with Gasteiger partial charge in [-0.1, -0.05) is 30.8 Å². The van der Waals surface area contributed by atoms with E-state index in [4.69, 9.17) is 19.2 Å². The summed E-state index contributed by atoms with van der Waals surface area (Å²) in [5.41, 5.74) is 2.74. The van der Waals surface area contributed by atoms with Crippen LogP contribution in [0.2, 0.25) is 0 Å². The number of thioether (sulfide) groups is 1. The molecule has 1 fully saturated rings. The predicted octanol–water partition coefficient (Wildman–Crippen LogP) is 4.03. The number of hydrogen-bond donors (Lipinski definition) is 0. The normalized spacial score (nSPS) is 21.2. The Hall–Kier alpha value is -3.27. The van der Waals surface area contributed by atoms with Crippen LogP contribution in [0, 0.1) is 5.92 Å². The Balaban J connectivity index is 1.62. The lowest BCUT2D eigenvalue weighted by atomic mass is 9.92. The largest absolute Gasteiger partial charge is 0.497 e. The first kappa shape index (κ1) is 26.8. The van der Waals surface area contributed by atoms with Crippen molar-refractivity contribution < 1.29 is 28.6 Å². The maximum atomic E-state index is 13.4. The third-order valence-corrected chi connectivity index (χ3v) is 7.68. The predicted molar refractivity (Wildman–Crippen MR) is 141 cm³/mol. The number of amidine groups is 1. The standard InChI is InChI=1S/C27H33N3O6S/c1-5-21-23(26(33)35-4)24(17-9-11-20(34-3)12-10-17)30-19(16-37-27(30)28-21)14-22(31)29-13-7-8-18(15-29)25(32)36-6-2/h9-12,16,18,24H,5-8,13-15H2,1-4H3/t18-,24+/m1/s1. The number of benzene rings is 1. The van der Waals surface area contributed by atoms with E-state index in [1.807, 2.05) is 41.5 Å². The fourth-order valence-electron chi connectivity index (χ4n) is 4.94. The number of methoxy groups -OCH3 is 2. The Morgan fingerprint density at radius 2 is 1.89 bits per heavy atom. The Morgan fingerprint density at radius 3 is 2.54 bits per heavy atom. The highest BCUT2D eigenvalue weighted by Crippen LogP contribution is 2.45. The molecule has 198 valence electrons. The molecule has 1 amide bonds. The average Bonchev–Trinajstić information content (AvgIpc) is 3.33. The molecular formula is C27H33N3O6S. The maximum absolute atomic E-state index is 13.4. The number of piperidine rings is 1. The van der Waals surface area contributed by atoms with Crippen molar-refractivity contribution >= 4 is 34.8 Å². The van der Waals surface area contributed by atoms with Crippen molar-refractivity contribution in [2.75, 3.05) is 33.9 Å². The summed E-state index contributed by atoms with van der Waals surface area (Å²) >= 11 is 1.44. The third kappa shape index (κ3) is 5.53. The third-order valence-electron chi connectivity index (χ3n) is 6.79. The summed E-state index contributed by atoms with van der Waals surface area (Å²) in [5, 5.41) is 2.64. The van der Waals surface area contributed by atoms with E-state index < -0.39 is 12.0 Å². The van der Waals surface area contributed by atoms with Crippen LogP contribution in [-0.2, 0) is 23.9 Å². The number of carbonyl (C=O) groups is 3. The van der Waals surface area contributed by atoms with Gasteiger partial charge in [0.1, 0.15) is 5.75 Å². The van der Waals surface area contributed by atoms with Gasteiger partial charge in [-0.3, -0.25) is 9.59 Å². The van der Waals surface area contributed by atoms with Crippen molar-refractivity contribution in [1.29, 1.82) is 0 Å². The van der Waals surface area contributed by atoms with Gasteiger partial charge >= 0.3 is 11.9 Å². The van der Waals surface area contributed by atoms with E-state index >= 15 is 0 Å². The van der Waals surface area contributed by atoms with Crippen LogP contribution in [0.15, 0.2) is 51.6 Å². The molecule has 37 heavy (non-hydrogen) atoms. The number of likely N-dealkylation sites (tertiary alicyclic amines) is 1. The van der Waals surface area contributed by atoms with Crippen LogP contribution < -0.4 is 4.74 Å². The van der Waals surface area contributed by atoms with Gasteiger partial charge < -0.3 is 24.0 Å². The Labute approximate surface area is 221 Å². The molecule has 0 N–H and O–H groups in total. The summed E-state index contributed by atoms with van der Waals surface area (Å²) in [7, 11) is 2.97. The van der Waals surface area contributed by atoms with E-state index in [1.165, 1.54) is 18.9 Å². The molecule has 1 saturated heterocycles. The van der Waals surface area contributed by atoms with E-state index in [0.29, 0.717) is 43.1 Å². The number of fused-ring (bicyclic) bond motifs is 1. The van der Waals surface area contributed by atoms with Crippen LogP contribution in [0.1, 0.15) is 51.1 Å². The van der Waals surface area contributed by atoms with Crippen LogP contribution in [-0.4, -0.2) is 66.7 Å². The highest BCUT2D eigenvalue weighted by atomic mass is 32.2. The summed E-state index contributed by atoms with van der Waals surface area (Å²) < 4.78 is 15.7. The number of hydrogen-bond acceptors (Lipinski definition) is 9. The fraction of sp³-hybridized carbons (Fsp3) is 0.481. The highest BCUT2D eigenvalue weighted by Gasteiger charge is 2.42. The van der Waals surface area contributed by atoms with Crippen molar-refractivity contribution in [2.45, 2.75) is 45.6 Å². The lowest BCUT2D eigenvalue weighted by molar-refractivity contribution is -0.151. The van der Waals surface area contributed by atoms with Crippen LogP contribution in [0.4, 0.5) is 0 Å². The van der Waals surface area contributed by atoms with Crippen molar-refractivity contribution in [3.63, 3.8) is 0 Å². The van der Waals surface area contributed by atoms with Gasteiger partial charge in [-0.15, -0.1) is 0 Å². The first-order valence-electron chi connectivity index (χ1n) is 12.5. The van der Waals surface area contributed by atoms with Gasteiger partial charge in [0.15, 0.2) is 5.17 Å². The number of esters is 2. The molecule has 0 unspecified atom stereocenters. The summed E-state index contributed by atoms with van der Waals surface area (Å²) in [6.07, 6.45) is 2.16. The van der Waals surface area contributed by atoms with Gasteiger partial charge in [-0.2, -0.15) is 0 Å². The quantitative estimate of drug-likeness (QED) is 0.468. The van der Waals surface area contributed by atoms with E-state index in [2.05, 4.69) is 0 Å². The first-order valence-corrected chi connectivity index (χ1v) is 13.4. The molecule has 3 aliphatic heterocycles. The zero-order valence-electron chi connectivity index (χ0n) is 21.7. The first-order chi connectivity index (χ1) is 17.9. The number of carbonyl (C=O) groups excluding carboxylic acids is 3. The van der Waals surface area contributed by atoms with E-state index in [1.54, 1.807) is 18.9 Å². The minimum atomic E-state index is -0.497. The second-order valence-corrected chi connectivity index (χ2v) is 9.82. The number of rotatable bonds is 8. The molecule has 1 aromatic rings. The van der Waals surface area contributed by atoms with Crippen molar-refractivity contribution in [3.05, 3.63) is 52.2 Å². The highest BCUT2D eigenvalue weighted by molar-refractivity contribution is 8.16. The number of amides is 1. The Morgan fingerprint density at radius 1 is 1.14 bits per heavy atom. The van der Waals surface area contributed by atoms with Crippen LogP contribution >= 0.6 is 11.8 Å². The van der Waals surface area contributed by atoms with E-state index in [-0.39, 0.29) is 24.2 Å². The monoisotopic (exact) mass is 527 g/mol. The molecule has 0 aromatic heterocycles. The molecule has 10 heteroatoms. The van der Waals surface area contributed by atoms with Crippen LogP contribution in [0.5, 0.6) is 5.75 Å². The van der Waals surface area contributed by atoms with Gasteiger partial charge in [0.2, 0.25) is 5.91 Å². The molecule has 0 bridgehead atoms. The molecule has 0 spiro atoms. The zero-order valence-corrected chi connectivity index (χ0v) is 22.5. The van der Waals surface area contributed by atoms with Crippen LogP contribution in [0.25, 0.3) is 0 Å². The SMILES string of the molecule is CCOC(=O)[C@@H]1CCCN(C(=O)CC2=CSC3=NC(CC)=C(C(=O)OC)[C@H](c4ccc(OC)cc4)N23)C1. The molecule has 3 aliphatic rings. The molecule has 1 aromatic carbocycles. The van der Waals surface area contributed by atoms with Gasteiger partial charge in [-0.05, 0) is 49.3 Å². The van der Waals surface area contributed by atoms with Crippen molar-refractivity contribution in [2.24, 2.45) is 10.9 Å². The van der Waals surface area contributed by atoms with E-state index in [0.717, 1.165) is 29.3 Å². The lowest BCUT2D eigenvalue weighted by Crippen LogP contribution is -2.44. The van der Waals surface area contributed by atoms with Crippen molar-refractivity contribution in [1.82, 2.24) is 9.80 Å². The zero-order chi connectivity index (χ0) is 26.5. The van der Waals surface area contributed by atoms with Crippen LogP contribution in [0.3, 0.4) is 0 Å². The minimum Gasteiger partial charge on any atom is -0.497 e. The maximum Gasteiger partial charge on any atom is 0.338 e. The molecule has 2 atom stereocenters. The second-order valence-electron chi connectivity index (χ2n) is 8.98. The van der Waals surface area contributed by atoms with Gasteiger partial charge in [0.25, 0.3) is 0 Å². The van der Waals surface area contributed by atoms with Gasteiger partial charge in [0, 0.05) is 18.8 Å². The summed E-state index contributed by atoms with van der Waals surface area (Å²) in [6.45, 7) is 5.02. The Bertz CT molecular complexity index is 1140. The van der Waals surface area contributed by atoms with Crippen molar-refractivity contribution in [3.8, 4) is 5.75 Å². The molecule has 0 radical (unpaired) electrons. The smallest absolute Gasteiger partial charge is 0.338 e. The number of nitrogens with zero attached hydrogens (tertiary/aromatic N) is 3. The Kier molecular flexibility index (Phi) is 8.58. The molecular weight excluding hydrogens is 494 g/mol. The summed E-state index contributed by atoms with van der Waals surface area (Å²) in [5.74, 6) is -0.363. The van der Waals surface area contributed by atoms with E-state index in [9.17, 15) is 14.4 Å². The topological polar surface area (TPSA) is 97.7 Å². The summed E-state index contributed by atoms with van der Waals surface area (Å²) in [4.78, 5) is 47.2.